The lowest BCUT2D eigenvalue weighted by molar-refractivity contribution is -0.120. The van der Waals surface area contributed by atoms with Gasteiger partial charge in [-0.3, -0.25) is 9.78 Å². The number of pyridine rings is 1. The van der Waals surface area contributed by atoms with Gasteiger partial charge in [-0.15, -0.1) is 0 Å². The Balaban J connectivity index is 2.38. The van der Waals surface area contributed by atoms with Crippen molar-refractivity contribution >= 4 is 6.47 Å². The highest BCUT2D eigenvalue weighted by Crippen LogP contribution is 2.17. The Kier molecular flexibility index (Phi) is 2.45. The Morgan fingerprint density at radius 1 is 1.53 bits per heavy atom. The third-order valence-electron chi connectivity index (χ3n) is 1.94. The third-order valence-corrected chi connectivity index (χ3v) is 1.94. The van der Waals surface area contributed by atoms with Crippen molar-refractivity contribution in [3.8, 4) is 11.4 Å². The molecule has 0 saturated carbocycles. The number of hydrogen-bond acceptors (Lipinski definition) is 4. The highest BCUT2D eigenvalue weighted by molar-refractivity contribution is 5.46. The number of nitrogens with zero attached hydrogens (tertiary/aromatic N) is 3. The first-order valence-corrected chi connectivity index (χ1v) is 4.38. The second kappa shape index (κ2) is 3.91. The summed E-state index contributed by atoms with van der Waals surface area (Å²) in [7, 11) is 0. The molecule has 5 nitrogen and oxygen atoms in total. The first kappa shape index (κ1) is 9.39. The molecule has 5 heteroatoms. The summed E-state index contributed by atoms with van der Waals surface area (Å²) < 4.78 is 6.37. The van der Waals surface area contributed by atoms with Crippen LogP contribution in [0.25, 0.3) is 5.69 Å². The van der Waals surface area contributed by atoms with E-state index in [1.165, 1.54) is 0 Å². The molecule has 0 fully saturated rings. The van der Waals surface area contributed by atoms with Crippen molar-refractivity contribution in [2.45, 2.75) is 6.92 Å². The fourth-order valence-electron chi connectivity index (χ4n) is 1.23. The van der Waals surface area contributed by atoms with Crippen LogP contribution in [0.5, 0.6) is 5.75 Å². The lowest BCUT2D eigenvalue weighted by atomic mass is 10.4. The highest BCUT2D eigenvalue weighted by Gasteiger charge is 2.06. The molecule has 2 heterocycles. The van der Waals surface area contributed by atoms with E-state index in [1.54, 1.807) is 30.2 Å². The van der Waals surface area contributed by atoms with Crippen LogP contribution in [0.4, 0.5) is 0 Å². The van der Waals surface area contributed by atoms with Crippen molar-refractivity contribution in [3.05, 3.63) is 36.4 Å². The summed E-state index contributed by atoms with van der Waals surface area (Å²) in [5, 5.41) is 4.19. The van der Waals surface area contributed by atoms with Gasteiger partial charge in [0.05, 0.1) is 18.1 Å². The molecule has 0 bridgehead atoms. The zero-order valence-corrected chi connectivity index (χ0v) is 8.12. The summed E-state index contributed by atoms with van der Waals surface area (Å²) in [6.45, 7) is 2.16. The molecule has 0 atom stereocenters. The number of ether oxygens (including phenoxy) is 1. The molecular weight excluding hydrogens is 194 g/mol. The van der Waals surface area contributed by atoms with Crippen molar-refractivity contribution in [2.24, 2.45) is 0 Å². The summed E-state index contributed by atoms with van der Waals surface area (Å²) in [4.78, 5) is 14.2. The summed E-state index contributed by atoms with van der Waals surface area (Å²) in [6.07, 6.45) is 5.00. The predicted molar refractivity (Wildman–Crippen MR) is 52.8 cm³/mol. The number of aromatic nitrogens is 3. The van der Waals surface area contributed by atoms with Crippen molar-refractivity contribution < 1.29 is 9.53 Å². The van der Waals surface area contributed by atoms with Gasteiger partial charge in [0.2, 0.25) is 0 Å². The molecule has 0 unspecified atom stereocenters. The summed E-state index contributed by atoms with van der Waals surface area (Å²) >= 11 is 0. The van der Waals surface area contributed by atoms with Crippen LogP contribution in [0.15, 0.2) is 30.7 Å². The fourth-order valence-corrected chi connectivity index (χ4v) is 1.23. The van der Waals surface area contributed by atoms with E-state index in [2.05, 4.69) is 10.1 Å². The van der Waals surface area contributed by atoms with Crippen LogP contribution in [-0.2, 0) is 4.79 Å². The molecule has 0 aromatic carbocycles. The molecule has 0 aliphatic carbocycles. The molecular formula is C10H9N3O2. The van der Waals surface area contributed by atoms with E-state index >= 15 is 0 Å². The van der Waals surface area contributed by atoms with E-state index in [1.807, 2.05) is 12.1 Å². The van der Waals surface area contributed by atoms with Gasteiger partial charge in [0, 0.05) is 6.20 Å². The van der Waals surface area contributed by atoms with Gasteiger partial charge in [-0.25, -0.2) is 4.68 Å². The maximum atomic E-state index is 10.2. The monoisotopic (exact) mass is 203 g/mol. The molecule has 76 valence electrons. The molecule has 0 saturated heterocycles. The van der Waals surface area contributed by atoms with Crippen LogP contribution < -0.4 is 4.74 Å². The van der Waals surface area contributed by atoms with E-state index in [4.69, 9.17) is 4.74 Å². The summed E-state index contributed by atoms with van der Waals surface area (Å²) in [6, 6.07) is 3.68. The minimum absolute atomic E-state index is 0.387. The Labute approximate surface area is 86.3 Å². The van der Waals surface area contributed by atoms with Gasteiger partial charge < -0.3 is 4.74 Å². The lowest BCUT2D eigenvalue weighted by Gasteiger charge is -1.97. The zero-order chi connectivity index (χ0) is 10.7. The second-order valence-electron chi connectivity index (χ2n) is 2.95. The van der Waals surface area contributed by atoms with Gasteiger partial charge in [-0.2, -0.15) is 5.10 Å². The number of rotatable bonds is 3. The van der Waals surface area contributed by atoms with Crippen LogP contribution in [0.1, 0.15) is 5.69 Å². The van der Waals surface area contributed by atoms with E-state index < -0.39 is 0 Å². The van der Waals surface area contributed by atoms with Crippen LogP contribution in [0.3, 0.4) is 0 Å². The topological polar surface area (TPSA) is 57.0 Å². The molecule has 15 heavy (non-hydrogen) atoms. The normalized spacial score (nSPS) is 9.93. The fraction of sp³-hybridized carbons (Fsp3) is 0.100. The SMILES string of the molecule is Cc1nn(-c2cccnc2)cc1OC=O. The van der Waals surface area contributed by atoms with E-state index in [9.17, 15) is 4.79 Å². The predicted octanol–water partition coefficient (Wildman–Crippen LogP) is 1.11. The molecule has 0 N–H and O–H groups in total. The number of carbonyl (C=O) groups is 1. The maximum Gasteiger partial charge on any atom is 0.298 e. The average molecular weight is 203 g/mol. The van der Waals surface area contributed by atoms with Crippen LogP contribution >= 0.6 is 0 Å². The van der Waals surface area contributed by atoms with Crippen molar-refractivity contribution in [2.75, 3.05) is 0 Å². The van der Waals surface area contributed by atoms with Gasteiger partial charge in [-0.1, -0.05) is 0 Å². The largest absolute Gasteiger partial charge is 0.425 e. The lowest BCUT2D eigenvalue weighted by Crippen LogP contribution is -1.94. The minimum Gasteiger partial charge on any atom is -0.425 e. The van der Waals surface area contributed by atoms with Crippen molar-refractivity contribution in [1.82, 2.24) is 14.8 Å². The van der Waals surface area contributed by atoms with Gasteiger partial charge in [0.1, 0.15) is 5.69 Å². The number of aryl methyl sites for hydroxylation is 1. The Morgan fingerprint density at radius 3 is 3.07 bits per heavy atom. The molecule has 0 aliphatic rings. The number of hydrogen-bond donors (Lipinski definition) is 0. The average Bonchev–Trinajstić information content (AvgIpc) is 2.63. The molecule has 0 amide bonds. The quantitative estimate of drug-likeness (QED) is 0.701. The van der Waals surface area contributed by atoms with Gasteiger partial charge in [0.15, 0.2) is 5.75 Å². The van der Waals surface area contributed by atoms with E-state index in [0.29, 0.717) is 17.9 Å². The van der Waals surface area contributed by atoms with Crippen LogP contribution in [-0.4, -0.2) is 21.2 Å². The first-order chi connectivity index (χ1) is 7.31. The Morgan fingerprint density at radius 2 is 2.40 bits per heavy atom. The van der Waals surface area contributed by atoms with Gasteiger partial charge in [0.25, 0.3) is 6.47 Å². The third kappa shape index (κ3) is 1.85. The van der Waals surface area contributed by atoms with Gasteiger partial charge >= 0.3 is 0 Å². The molecule has 2 aromatic heterocycles. The summed E-state index contributed by atoms with van der Waals surface area (Å²) in [5.41, 5.74) is 1.48. The standard InChI is InChI=1S/C10H9N3O2/c1-8-10(15-7-14)6-13(12-8)9-3-2-4-11-5-9/h2-7H,1H3. The van der Waals surface area contributed by atoms with Crippen molar-refractivity contribution in [1.29, 1.82) is 0 Å². The van der Waals surface area contributed by atoms with Crippen LogP contribution in [0.2, 0.25) is 0 Å². The smallest absolute Gasteiger partial charge is 0.298 e. The highest BCUT2D eigenvalue weighted by atomic mass is 16.5. The summed E-state index contributed by atoms with van der Waals surface area (Å²) in [5.74, 6) is 0.453. The van der Waals surface area contributed by atoms with Crippen LogP contribution in [0, 0.1) is 6.92 Å². The second-order valence-corrected chi connectivity index (χ2v) is 2.95. The van der Waals surface area contributed by atoms with E-state index in [-0.39, 0.29) is 0 Å². The maximum absolute atomic E-state index is 10.2. The molecule has 2 rings (SSSR count). The Hall–Kier alpha value is -2.17. The first-order valence-electron chi connectivity index (χ1n) is 4.38. The zero-order valence-electron chi connectivity index (χ0n) is 8.12. The van der Waals surface area contributed by atoms with Gasteiger partial charge in [-0.05, 0) is 19.1 Å². The Bertz CT molecular complexity index is 465. The molecule has 0 radical (unpaired) electrons. The molecule has 0 aliphatic heterocycles. The van der Waals surface area contributed by atoms with Crippen molar-refractivity contribution in [3.63, 3.8) is 0 Å². The molecule has 2 aromatic rings. The number of carbonyl (C=O) groups excluding carboxylic acids is 1. The van der Waals surface area contributed by atoms with E-state index in [0.717, 1.165) is 5.69 Å². The molecule has 0 spiro atoms. The minimum atomic E-state index is 0.387.